The number of benzene rings is 2. The third-order valence-corrected chi connectivity index (χ3v) is 4.02. The van der Waals surface area contributed by atoms with Crippen molar-refractivity contribution in [2.24, 2.45) is 0 Å². The number of carbonyl (C=O) groups excluding carboxylic acids is 2. The number of methoxy groups -OCH3 is 1. The van der Waals surface area contributed by atoms with Gasteiger partial charge in [-0.15, -0.1) is 0 Å². The van der Waals surface area contributed by atoms with Crippen LogP contribution in [0.15, 0.2) is 48.5 Å². The summed E-state index contributed by atoms with van der Waals surface area (Å²) >= 11 is 0. The maximum atomic E-state index is 12.1. The molecule has 150 valence electrons. The molecule has 0 fully saturated rings. The van der Waals surface area contributed by atoms with Gasteiger partial charge in [0.15, 0.2) is 0 Å². The summed E-state index contributed by atoms with van der Waals surface area (Å²) in [5.41, 5.74) is 0.0814. The monoisotopic (exact) mass is 386 g/mol. The molecule has 0 saturated heterocycles. The molecule has 3 N–H and O–H groups in total. The summed E-state index contributed by atoms with van der Waals surface area (Å²) in [4.78, 5) is 24.2. The van der Waals surface area contributed by atoms with Crippen molar-refractivity contribution in [2.75, 3.05) is 25.6 Å². The topological polar surface area (TPSA) is 96.9 Å². The summed E-state index contributed by atoms with van der Waals surface area (Å²) in [6.07, 6.45) is 0.312. The Balaban J connectivity index is 1.90. The lowest BCUT2D eigenvalue weighted by Gasteiger charge is -2.23. The summed E-state index contributed by atoms with van der Waals surface area (Å²) in [6, 6.07) is 14.1. The zero-order chi connectivity index (χ0) is 20.6. The van der Waals surface area contributed by atoms with Gasteiger partial charge in [-0.1, -0.05) is 24.3 Å². The first-order valence-electron chi connectivity index (χ1n) is 9.01. The largest absolute Gasteiger partial charge is 0.497 e. The molecule has 0 aliphatic rings. The molecule has 0 aromatic heterocycles. The van der Waals surface area contributed by atoms with Crippen molar-refractivity contribution >= 4 is 17.5 Å². The van der Waals surface area contributed by atoms with E-state index in [9.17, 15) is 14.7 Å². The molecule has 0 spiro atoms. The van der Waals surface area contributed by atoms with Gasteiger partial charge in [-0.25, -0.2) is 0 Å². The fourth-order valence-corrected chi connectivity index (χ4v) is 2.63. The molecule has 0 aliphatic carbocycles. The molecule has 0 saturated carbocycles. The van der Waals surface area contributed by atoms with Crippen molar-refractivity contribution in [3.63, 3.8) is 0 Å². The average Bonchev–Trinajstić information content (AvgIpc) is 2.68. The number of ether oxygens (including phenoxy) is 2. The van der Waals surface area contributed by atoms with E-state index < -0.39 is 17.4 Å². The summed E-state index contributed by atoms with van der Waals surface area (Å²) in [7, 11) is 1.58. The highest BCUT2D eigenvalue weighted by atomic mass is 16.5. The minimum Gasteiger partial charge on any atom is -0.497 e. The molecule has 0 bridgehead atoms. The van der Waals surface area contributed by atoms with Crippen LogP contribution >= 0.6 is 0 Å². The van der Waals surface area contributed by atoms with Crippen molar-refractivity contribution in [3.8, 4) is 11.5 Å². The standard InChI is InChI=1S/C21H26N2O5/c1-4-28-18-8-6-5-7-17(18)23-20(25)19(24)22-14-21(2,26)13-15-9-11-16(27-3)12-10-15/h5-12,26H,4,13-14H2,1-3H3,(H,22,24)(H,23,25)/t21-/m0/s1. The predicted molar refractivity (Wildman–Crippen MR) is 107 cm³/mol. The van der Waals surface area contributed by atoms with Crippen molar-refractivity contribution in [1.82, 2.24) is 5.32 Å². The SMILES string of the molecule is CCOc1ccccc1NC(=O)C(=O)NC[C@@](C)(O)Cc1ccc(OC)cc1. The molecule has 0 heterocycles. The lowest BCUT2D eigenvalue weighted by Crippen LogP contribution is -2.45. The number of para-hydroxylation sites is 2. The van der Waals surface area contributed by atoms with E-state index in [2.05, 4.69) is 10.6 Å². The molecule has 28 heavy (non-hydrogen) atoms. The third-order valence-electron chi connectivity index (χ3n) is 4.02. The summed E-state index contributed by atoms with van der Waals surface area (Å²) in [6.45, 7) is 3.79. The molecular formula is C21H26N2O5. The Morgan fingerprint density at radius 3 is 2.39 bits per heavy atom. The van der Waals surface area contributed by atoms with Crippen molar-refractivity contribution in [2.45, 2.75) is 25.9 Å². The molecule has 7 heteroatoms. The highest BCUT2D eigenvalue weighted by molar-refractivity contribution is 6.39. The third kappa shape index (κ3) is 6.28. The first-order chi connectivity index (χ1) is 13.3. The van der Waals surface area contributed by atoms with Crippen LogP contribution in [0.4, 0.5) is 5.69 Å². The maximum absolute atomic E-state index is 12.1. The quantitative estimate of drug-likeness (QED) is 0.604. The lowest BCUT2D eigenvalue weighted by molar-refractivity contribution is -0.136. The minimum atomic E-state index is -1.21. The Morgan fingerprint density at radius 1 is 1.07 bits per heavy atom. The lowest BCUT2D eigenvalue weighted by atomic mass is 9.96. The summed E-state index contributed by atoms with van der Waals surface area (Å²) in [5, 5.41) is 15.5. The van der Waals surface area contributed by atoms with Gasteiger partial charge in [0.2, 0.25) is 0 Å². The second-order valence-corrected chi connectivity index (χ2v) is 6.59. The highest BCUT2D eigenvalue weighted by Crippen LogP contribution is 2.23. The fraction of sp³-hybridized carbons (Fsp3) is 0.333. The number of hydrogen-bond donors (Lipinski definition) is 3. The van der Waals surface area contributed by atoms with E-state index in [0.29, 0.717) is 24.5 Å². The Labute approximate surface area is 164 Å². The molecule has 7 nitrogen and oxygen atoms in total. The minimum absolute atomic E-state index is 0.0710. The van der Waals surface area contributed by atoms with Crippen LogP contribution < -0.4 is 20.1 Å². The van der Waals surface area contributed by atoms with E-state index in [4.69, 9.17) is 9.47 Å². The molecule has 0 unspecified atom stereocenters. The fourth-order valence-electron chi connectivity index (χ4n) is 2.63. The van der Waals surface area contributed by atoms with Gasteiger partial charge in [-0.3, -0.25) is 9.59 Å². The molecule has 2 aromatic rings. The Hall–Kier alpha value is -3.06. The van der Waals surface area contributed by atoms with Crippen LogP contribution in [0, 0.1) is 0 Å². The van der Waals surface area contributed by atoms with E-state index in [1.54, 1.807) is 50.4 Å². The van der Waals surface area contributed by atoms with Crippen molar-refractivity contribution in [3.05, 3.63) is 54.1 Å². The molecule has 2 amide bonds. The molecule has 0 radical (unpaired) electrons. The Kier molecular flexibility index (Phi) is 7.40. The molecule has 2 rings (SSSR count). The average molecular weight is 386 g/mol. The predicted octanol–water partition coefficient (Wildman–Crippen LogP) is 2.14. The summed E-state index contributed by atoms with van der Waals surface area (Å²) in [5.74, 6) is -0.452. The molecule has 0 aliphatic heterocycles. The number of hydrogen-bond acceptors (Lipinski definition) is 5. The maximum Gasteiger partial charge on any atom is 0.313 e. The van der Waals surface area contributed by atoms with Gasteiger partial charge in [0, 0.05) is 13.0 Å². The van der Waals surface area contributed by atoms with Gasteiger partial charge in [0.25, 0.3) is 0 Å². The first-order valence-corrected chi connectivity index (χ1v) is 9.01. The molecular weight excluding hydrogens is 360 g/mol. The van der Waals surface area contributed by atoms with Crippen LogP contribution in [0.1, 0.15) is 19.4 Å². The number of aliphatic hydroxyl groups is 1. The molecule has 2 aromatic carbocycles. The second-order valence-electron chi connectivity index (χ2n) is 6.59. The smallest absolute Gasteiger partial charge is 0.313 e. The van der Waals surface area contributed by atoms with Crippen LogP contribution in [0.2, 0.25) is 0 Å². The number of carbonyl (C=O) groups is 2. The zero-order valence-corrected chi connectivity index (χ0v) is 16.3. The Bertz CT molecular complexity index is 803. The number of anilines is 1. The van der Waals surface area contributed by atoms with E-state index in [1.807, 2.05) is 19.1 Å². The van der Waals surface area contributed by atoms with Crippen LogP contribution in [0.25, 0.3) is 0 Å². The van der Waals surface area contributed by atoms with Crippen molar-refractivity contribution in [1.29, 1.82) is 0 Å². The van der Waals surface area contributed by atoms with E-state index in [1.165, 1.54) is 0 Å². The van der Waals surface area contributed by atoms with Gasteiger partial charge >= 0.3 is 11.8 Å². The highest BCUT2D eigenvalue weighted by Gasteiger charge is 2.24. The number of nitrogens with one attached hydrogen (secondary N) is 2. The van der Waals surface area contributed by atoms with E-state index in [-0.39, 0.29) is 6.54 Å². The van der Waals surface area contributed by atoms with Crippen LogP contribution in [-0.2, 0) is 16.0 Å². The van der Waals surface area contributed by atoms with Gasteiger partial charge in [-0.2, -0.15) is 0 Å². The Morgan fingerprint density at radius 2 is 1.75 bits per heavy atom. The van der Waals surface area contributed by atoms with Gasteiger partial charge < -0.3 is 25.2 Å². The van der Waals surface area contributed by atoms with Crippen LogP contribution in [0.3, 0.4) is 0 Å². The zero-order valence-electron chi connectivity index (χ0n) is 16.3. The molecule has 1 atom stereocenters. The van der Waals surface area contributed by atoms with E-state index in [0.717, 1.165) is 11.3 Å². The van der Waals surface area contributed by atoms with E-state index >= 15 is 0 Å². The van der Waals surface area contributed by atoms with Gasteiger partial charge in [-0.05, 0) is 43.7 Å². The first kappa shape index (κ1) is 21.2. The van der Waals surface area contributed by atoms with Gasteiger partial charge in [0.1, 0.15) is 11.5 Å². The van der Waals surface area contributed by atoms with Gasteiger partial charge in [0.05, 0.1) is 25.0 Å². The van der Waals surface area contributed by atoms with Crippen molar-refractivity contribution < 1.29 is 24.2 Å². The number of rotatable bonds is 8. The normalized spacial score (nSPS) is 12.6. The van der Waals surface area contributed by atoms with Crippen LogP contribution in [-0.4, -0.2) is 42.8 Å². The van der Waals surface area contributed by atoms with Crippen LogP contribution in [0.5, 0.6) is 11.5 Å². The number of amides is 2. The summed E-state index contributed by atoms with van der Waals surface area (Å²) < 4.78 is 10.5. The second kappa shape index (κ2) is 9.75.